The molecule has 154 valence electrons. The van der Waals surface area contributed by atoms with Crippen LogP contribution in [0.25, 0.3) is 0 Å². The largest absolute Gasteiger partial charge is 0.447 e. The summed E-state index contributed by atoms with van der Waals surface area (Å²) in [5, 5.41) is 0. The summed E-state index contributed by atoms with van der Waals surface area (Å²) in [7, 11) is 0. The van der Waals surface area contributed by atoms with Crippen LogP contribution in [0.15, 0.2) is 41.0 Å². The van der Waals surface area contributed by atoms with Gasteiger partial charge in [0, 0.05) is 10.7 Å². The van der Waals surface area contributed by atoms with Crippen molar-refractivity contribution in [3.63, 3.8) is 0 Å². The number of hydrogen-bond acceptors (Lipinski definition) is 6. The summed E-state index contributed by atoms with van der Waals surface area (Å²) in [6, 6.07) is 8.82. The second kappa shape index (κ2) is 8.36. The molecule has 0 spiro atoms. The number of nitrogens with zero attached hydrogens (tertiary/aromatic N) is 4. The molecule has 1 aliphatic rings. The lowest BCUT2D eigenvalue weighted by Gasteiger charge is -2.30. The van der Waals surface area contributed by atoms with Crippen LogP contribution >= 0.6 is 15.9 Å². The first-order valence-corrected chi connectivity index (χ1v) is 10.00. The van der Waals surface area contributed by atoms with E-state index in [1.54, 1.807) is 26.8 Å². The Labute approximate surface area is 178 Å². The number of rotatable bonds is 4. The van der Waals surface area contributed by atoms with Crippen LogP contribution in [0.1, 0.15) is 39.3 Å². The average molecular weight is 463 g/mol. The summed E-state index contributed by atoms with van der Waals surface area (Å²) in [4.78, 5) is 36.5. The van der Waals surface area contributed by atoms with Crippen LogP contribution in [0, 0.1) is 0 Å². The zero-order valence-corrected chi connectivity index (χ0v) is 18.3. The molecule has 1 aromatic heterocycles. The highest BCUT2D eigenvalue weighted by molar-refractivity contribution is 9.10. The summed E-state index contributed by atoms with van der Waals surface area (Å²) >= 11 is 3.42. The molecular weight excluding hydrogens is 440 g/mol. The molecule has 1 aromatic carbocycles. The van der Waals surface area contributed by atoms with Crippen LogP contribution in [0.2, 0.25) is 0 Å². The number of amides is 2. The maximum atomic E-state index is 13.0. The SMILES string of the molecule is CC(c1ccc(Br)cc1)N(C(=O)OC(C)(C)C)c1nccc(N2CCOC2=O)n1. The minimum atomic E-state index is -0.689. The first-order valence-electron chi connectivity index (χ1n) is 9.21. The third kappa shape index (κ3) is 5.03. The lowest BCUT2D eigenvalue weighted by Crippen LogP contribution is -2.40. The molecule has 0 N–H and O–H groups in total. The fourth-order valence-electron chi connectivity index (χ4n) is 2.82. The van der Waals surface area contributed by atoms with E-state index in [0.717, 1.165) is 10.0 Å². The van der Waals surface area contributed by atoms with Gasteiger partial charge >= 0.3 is 12.2 Å². The fraction of sp³-hybridized carbons (Fsp3) is 0.400. The Morgan fingerprint density at radius 3 is 2.55 bits per heavy atom. The molecule has 1 aliphatic heterocycles. The molecule has 29 heavy (non-hydrogen) atoms. The Hall–Kier alpha value is -2.68. The maximum Gasteiger partial charge on any atom is 0.417 e. The van der Waals surface area contributed by atoms with Gasteiger partial charge < -0.3 is 9.47 Å². The van der Waals surface area contributed by atoms with Gasteiger partial charge in [-0.1, -0.05) is 28.1 Å². The molecule has 9 heteroatoms. The van der Waals surface area contributed by atoms with Gasteiger partial charge in [-0.15, -0.1) is 0 Å². The standard InChI is InChI=1S/C20H23BrN4O4/c1-13(14-5-7-15(21)8-6-14)25(19(27)29-20(2,3)4)17-22-10-9-16(23-17)24-11-12-28-18(24)26/h5-10,13H,11-12H2,1-4H3. The van der Waals surface area contributed by atoms with Crippen LogP contribution in [0.3, 0.4) is 0 Å². The molecule has 1 fully saturated rings. The van der Waals surface area contributed by atoms with Gasteiger partial charge in [0.15, 0.2) is 0 Å². The Morgan fingerprint density at radius 2 is 1.97 bits per heavy atom. The molecule has 1 saturated heterocycles. The number of halogens is 1. The lowest BCUT2D eigenvalue weighted by atomic mass is 10.1. The van der Waals surface area contributed by atoms with E-state index >= 15 is 0 Å². The molecule has 1 atom stereocenters. The van der Waals surface area contributed by atoms with Crippen molar-refractivity contribution in [1.82, 2.24) is 9.97 Å². The van der Waals surface area contributed by atoms with Crippen LogP contribution in [-0.4, -0.2) is 40.9 Å². The predicted molar refractivity (Wildman–Crippen MR) is 112 cm³/mol. The third-order valence-corrected chi connectivity index (χ3v) is 4.74. The van der Waals surface area contributed by atoms with Crippen LogP contribution < -0.4 is 9.80 Å². The van der Waals surface area contributed by atoms with Gasteiger partial charge in [-0.2, -0.15) is 4.98 Å². The van der Waals surface area contributed by atoms with E-state index in [4.69, 9.17) is 9.47 Å². The van der Waals surface area contributed by atoms with E-state index in [1.807, 2.05) is 31.2 Å². The Morgan fingerprint density at radius 1 is 1.28 bits per heavy atom. The quantitative estimate of drug-likeness (QED) is 0.654. The van der Waals surface area contributed by atoms with Crippen molar-refractivity contribution in [2.75, 3.05) is 23.0 Å². The van der Waals surface area contributed by atoms with Gasteiger partial charge in [0.05, 0.1) is 12.6 Å². The van der Waals surface area contributed by atoms with E-state index in [2.05, 4.69) is 25.9 Å². The van der Waals surface area contributed by atoms with Crippen LogP contribution in [-0.2, 0) is 9.47 Å². The van der Waals surface area contributed by atoms with E-state index in [1.165, 1.54) is 16.0 Å². The average Bonchev–Trinajstić information content (AvgIpc) is 3.07. The Balaban J connectivity index is 1.99. The number of benzene rings is 1. The van der Waals surface area contributed by atoms with Crippen molar-refractivity contribution in [1.29, 1.82) is 0 Å². The van der Waals surface area contributed by atoms with E-state index < -0.39 is 23.8 Å². The highest BCUT2D eigenvalue weighted by Crippen LogP contribution is 2.29. The molecule has 3 rings (SSSR count). The van der Waals surface area contributed by atoms with Gasteiger partial charge in [0.2, 0.25) is 5.95 Å². The molecule has 8 nitrogen and oxygen atoms in total. The van der Waals surface area contributed by atoms with Crippen molar-refractivity contribution in [3.8, 4) is 0 Å². The molecule has 0 saturated carbocycles. The number of anilines is 2. The fourth-order valence-corrected chi connectivity index (χ4v) is 3.09. The smallest absolute Gasteiger partial charge is 0.417 e. The monoisotopic (exact) mass is 462 g/mol. The first-order chi connectivity index (χ1) is 13.7. The zero-order chi connectivity index (χ0) is 21.2. The summed E-state index contributed by atoms with van der Waals surface area (Å²) in [5.74, 6) is 0.515. The van der Waals surface area contributed by atoms with Crippen LogP contribution in [0.5, 0.6) is 0 Å². The lowest BCUT2D eigenvalue weighted by molar-refractivity contribution is 0.0565. The molecule has 0 bridgehead atoms. The predicted octanol–water partition coefficient (Wildman–Crippen LogP) is 4.70. The summed E-state index contributed by atoms with van der Waals surface area (Å²) in [6.07, 6.45) is 0.461. The summed E-state index contributed by atoms with van der Waals surface area (Å²) in [5.41, 5.74) is 0.194. The number of ether oxygens (including phenoxy) is 2. The van der Waals surface area contributed by atoms with E-state index in [0.29, 0.717) is 19.0 Å². The number of cyclic esters (lactones) is 1. The normalized spacial score (nSPS) is 15.1. The minimum absolute atomic E-state index is 0.145. The van der Waals surface area contributed by atoms with E-state index in [9.17, 15) is 9.59 Å². The molecule has 2 heterocycles. The minimum Gasteiger partial charge on any atom is -0.447 e. The van der Waals surface area contributed by atoms with Crippen molar-refractivity contribution in [2.24, 2.45) is 0 Å². The van der Waals surface area contributed by atoms with Gasteiger partial charge in [0.1, 0.15) is 18.0 Å². The molecule has 1 unspecified atom stereocenters. The van der Waals surface area contributed by atoms with Crippen molar-refractivity contribution in [2.45, 2.75) is 39.3 Å². The van der Waals surface area contributed by atoms with Gasteiger partial charge in [-0.05, 0) is 51.5 Å². The maximum absolute atomic E-state index is 13.0. The topological polar surface area (TPSA) is 84.9 Å². The first kappa shape index (κ1) is 21.0. The summed E-state index contributed by atoms with van der Waals surface area (Å²) < 4.78 is 11.5. The number of carbonyl (C=O) groups is 2. The number of hydrogen-bond donors (Lipinski definition) is 0. The van der Waals surface area contributed by atoms with Crippen LogP contribution in [0.4, 0.5) is 21.4 Å². The van der Waals surface area contributed by atoms with Gasteiger partial charge in [0.25, 0.3) is 0 Å². The van der Waals surface area contributed by atoms with Gasteiger partial charge in [-0.3, -0.25) is 4.90 Å². The van der Waals surface area contributed by atoms with Crippen molar-refractivity contribution < 1.29 is 19.1 Å². The molecule has 2 amide bonds. The van der Waals surface area contributed by atoms with Gasteiger partial charge in [-0.25, -0.2) is 19.5 Å². The highest BCUT2D eigenvalue weighted by atomic mass is 79.9. The Kier molecular flexibility index (Phi) is 6.07. The molecule has 0 aliphatic carbocycles. The molecule has 2 aromatic rings. The molecule has 0 radical (unpaired) electrons. The van der Waals surface area contributed by atoms with Crippen molar-refractivity contribution in [3.05, 3.63) is 46.6 Å². The number of carbonyl (C=O) groups excluding carboxylic acids is 2. The van der Waals surface area contributed by atoms with Crippen molar-refractivity contribution >= 4 is 39.9 Å². The number of aromatic nitrogens is 2. The molecular formula is C20H23BrN4O4. The van der Waals surface area contributed by atoms with E-state index in [-0.39, 0.29) is 5.95 Å². The zero-order valence-electron chi connectivity index (χ0n) is 16.8. The highest BCUT2D eigenvalue weighted by Gasteiger charge is 2.32. The second-order valence-electron chi connectivity index (χ2n) is 7.56. The second-order valence-corrected chi connectivity index (χ2v) is 8.47. The Bertz CT molecular complexity index is 898. The third-order valence-electron chi connectivity index (χ3n) is 4.21. The summed E-state index contributed by atoms with van der Waals surface area (Å²) in [6.45, 7) is 7.95.